The molecule has 0 N–H and O–H groups in total. The molecule has 0 aromatic rings. The number of amides is 1. The molecule has 1 saturated heterocycles. The second kappa shape index (κ2) is 2.73. The van der Waals surface area contributed by atoms with E-state index in [1.807, 2.05) is 18.7 Å². The SMILES string of the molecule is CC(C)C(=O)N1CC(C)(C)C1(C)C. The number of nitrogens with zero attached hydrogens (tertiary/aromatic N) is 1. The van der Waals surface area contributed by atoms with Crippen molar-refractivity contribution in [2.45, 2.75) is 47.1 Å². The van der Waals surface area contributed by atoms with Gasteiger partial charge >= 0.3 is 0 Å². The van der Waals surface area contributed by atoms with Crippen LogP contribution in [-0.2, 0) is 4.79 Å². The average Bonchev–Trinajstić information content (AvgIpc) is 1.98. The van der Waals surface area contributed by atoms with E-state index < -0.39 is 0 Å². The molecule has 1 rings (SSSR count). The summed E-state index contributed by atoms with van der Waals surface area (Å²) in [6.07, 6.45) is 0. The van der Waals surface area contributed by atoms with Gasteiger partial charge in [0.25, 0.3) is 0 Å². The van der Waals surface area contributed by atoms with Crippen molar-refractivity contribution in [1.82, 2.24) is 4.90 Å². The van der Waals surface area contributed by atoms with Crippen LogP contribution in [0.15, 0.2) is 0 Å². The van der Waals surface area contributed by atoms with Gasteiger partial charge in [0.05, 0.1) is 0 Å². The summed E-state index contributed by atoms with van der Waals surface area (Å²) >= 11 is 0. The Bertz CT molecular complexity index is 228. The summed E-state index contributed by atoms with van der Waals surface area (Å²) in [5.74, 6) is 0.403. The maximum atomic E-state index is 11.8. The van der Waals surface area contributed by atoms with Crippen LogP contribution in [0.5, 0.6) is 0 Å². The fraction of sp³-hybridized carbons (Fsp3) is 0.909. The predicted molar refractivity (Wildman–Crippen MR) is 54.4 cm³/mol. The lowest BCUT2D eigenvalue weighted by molar-refractivity contribution is -0.170. The number of carbonyl (C=O) groups is 1. The highest BCUT2D eigenvalue weighted by molar-refractivity contribution is 5.80. The summed E-state index contributed by atoms with van der Waals surface area (Å²) in [4.78, 5) is 13.8. The van der Waals surface area contributed by atoms with Crippen molar-refractivity contribution in [3.63, 3.8) is 0 Å². The smallest absolute Gasteiger partial charge is 0.225 e. The molecule has 2 heteroatoms. The van der Waals surface area contributed by atoms with Crippen LogP contribution in [-0.4, -0.2) is 22.9 Å². The number of hydrogen-bond acceptors (Lipinski definition) is 1. The Morgan fingerprint density at radius 1 is 1.23 bits per heavy atom. The molecule has 0 atom stereocenters. The summed E-state index contributed by atoms with van der Waals surface area (Å²) in [6.45, 7) is 13.6. The predicted octanol–water partition coefficient (Wildman–Crippen LogP) is 2.29. The quantitative estimate of drug-likeness (QED) is 0.611. The molecule has 0 bridgehead atoms. The van der Waals surface area contributed by atoms with E-state index in [0.717, 1.165) is 6.54 Å². The first kappa shape index (κ1) is 10.6. The molecule has 0 spiro atoms. The van der Waals surface area contributed by atoms with Crippen molar-refractivity contribution in [3.05, 3.63) is 0 Å². The third kappa shape index (κ3) is 1.36. The highest BCUT2D eigenvalue weighted by atomic mass is 16.2. The fourth-order valence-corrected chi connectivity index (χ4v) is 1.73. The van der Waals surface area contributed by atoms with Gasteiger partial charge < -0.3 is 4.90 Å². The minimum atomic E-state index is 0.0222. The van der Waals surface area contributed by atoms with E-state index in [1.54, 1.807) is 0 Å². The van der Waals surface area contributed by atoms with Crippen molar-refractivity contribution >= 4 is 5.91 Å². The van der Waals surface area contributed by atoms with Gasteiger partial charge in [-0.2, -0.15) is 0 Å². The molecule has 76 valence electrons. The summed E-state index contributed by atoms with van der Waals surface area (Å²) in [7, 11) is 0. The van der Waals surface area contributed by atoms with Gasteiger partial charge in [-0.05, 0) is 13.8 Å². The first-order valence-corrected chi connectivity index (χ1v) is 5.01. The third-order valence-electron chi connectivity index (χ3n) is 3.64. The van der Waals surface area contributed by atoms with E-state index in [2.05, 4.69) is 27.7 Å². The maximum Gasteiger partial charge on any atom is 0.225 e. The van der Waals surface area contributed by atoms with E-state index in [4.69, 9.17) is 0 Å². The minimum Gasteiger partial charge on any atom is -0.336 e. The number of rotatable bonds is 1. The van der Waals surface area contributed by atoms with Gasteiger partial charge in [0.1, 0.15) is 0 Å². The minimum absolute atomic E-state index is 0.0222. The molecule has 0 radical (unpaired) electrons. The maximum absolute atomic E-state index is 11.8. The van der Waals surface area contributed by atoms with Crippen molar-refractivity contribution in [1.29, 1.82) is 0 Å². The molecule has 1 amide bonds. The number of likely N-dealkylation sites (tertiary alicyclic amines) is 1. The Balaban J connectivity index is 2.75. The van der Waals surface area contributed by atoms with Gasteiger partial charge in [-0.15, -0.1) is 0 Å². The molecule has 0 unspecified atom stereocenters. The van der Waals surface area contributed by atoms with Gasteiger partial charge in [0.15, 0.2) is 0 Å². The standard InChI is InChI=1S/C11H21NO/c1-8(2)9(13)12-7-10(3,4)11(12,5)6/h8H,7H2,1-6H3. The summed E-state index contributed by atoms with van der Waals surface area (Å²) in [5.41, 5.74) is 0.284. The average molecular weight is 183 g/mol. The van der Waals surface area contributed by atoms with Crippen LogP contribution in [0.4, 0.5) is 0 Å². The molecule has 0 aromatic heterocycles. The van der Waals surface area contributed by atoms with Crippen molar-refractivity contribution in [2.24, 2.45) is 11.3 Å². The van der Waals surface area contributed by atoms with Crippen LogP contribution < -0.4 is 0 Å². The Hall–Kier alpha value is -0.530. The molecule has 0 aromatic carbocycles. The molecule has 1 fully saturated rings. The molecular formula is C11H21NO. The summed E-state index contributed by atoms with van der Waals surface area (Å²) in [6, 6.07) is 0. The number of hydrogen-bond donors (Lipinski definition) is 0. The normalized spacial score (nSPS) is 24.4. The lowest BCUT2D eigenvalue weighted by Gasteiger charge is -2.61. The molecular weight excluding hydrogens is 162 g/mol. The lowest BCUT2D eigenvalue weighted by Crippen LogP contribution is -2.71. The molecule has 0 saturated carbocycles. The molecule has 1 aliphatic heterocycles. The van der Waals surface area contributed by atoms with Crippen molar-refractivity contribution in [3.8, 4) is 0 Å². The van der Waals surface area contributed by atoms with Crippen LogP contribution in [0.3, 0.4) is 0 Å². The molecule has 1 aliphatic rings. The second-order valence-electron chi connectivity index (χ2n) is 5.52. The summed E-state index contributed by atoms with van der Waals surface area (Å²) in [5, 5.41) is 0. The molecule has 13 heavy (non-hydrogen) atoms. The molecule has 1 heterocycles. The Kier molecular flexibility index (Phi) is 2.21. The van der Waals surface area contributed by atoms with Gasteiger partial charge in [0, 0.05) is 23.4 Å². The van der Waals surface area contributed by atoms with E-state index in [0.29, 0.717) is 0 Å². The van der Waals surface area contributed by atoms with Gasteiger partial charge in [-0.25, -0.2) is 0 Å². The van der Waals surface area contributed by atoms with Crippen molar-refractivity contribution in [2.75, 3.05) is 6.54 Å². The monoisotopic (exact) mass is 183 g/mol. The van der Waals surface area contributed by atoms with Gasteiger partial charge in [0.2, 0.25) is 5.91 Å². The largest absolute Gasteiger partial charge is 0.336 e. The Morgan fingerprint density at radius 3 is 1.92 bits per heavy atom. The van der Waals surface area contributed by atoms with E-state index in [9.17, 15) is 4.79 Å². The highest BCUT2D eigenvalue weighted by Gasteiger charge is 2.54. The Labute approximate surface area is 81.3 Å². The zero-order chi connectivity index (χ0) is 10.4. The second-order valence-corrected chi connectivity index (χ2v) is 5.52. The third-order valence-corrected chi connectivity index (χ3v) is 3.64. The fourth-order valence-electron chi connectivity index (χ4n) is 1.73. The lowest BCUT2D eigenvalue weighted by atomic mass is 9.65. The van der Waals surface area contributed by atoms with Crippen LogP contribution in [0.1, 0.15) is 41.5 Å². The van der Waals surface area contributed by atoms with Gasteiger partial charge in [-0.1, -0.05) is 27.7 Å². The first-order chi connectivity index (χ1) is 5.70. The zero-order valence-corrected chi connectivity index (χ0v) is 9.64. The van der Waals surface area contributed by atoms with Crippen LogP contribution in [0.2, 0.25) is 0 Å². The Morgan fingerprint density at radius 2 is 1.69 bits per heavy atom. The topological polar surface area (TPSA) is 20.3 Å². The van der Waals surface area contributed by atoms with Crippen LogP contribution in [0.25, 0.3) is 0 Å². The first-order valence-electron chi connectivity index (χ1n) is 5.01. The highest BCUT2D eigenvalue weighted by Crippen LogP contribution is 2.46. The van der Waals surface area contributed by atoms with Gasteiger partial charge in [-0.3, -0.25) is 4.79 Å². The molecule has 0 aliphatic carbocycles. The van der Waals surface area contributed by atoms with Crippen molar-refractivity contribution < 1.29 is 4.79 Å². The molecule has 2 nitrogen and oxygen atoms in total. The zero-order valence-electron chi connectivity index (χ0n) is 9.64. The summed E-state index contributed by atoms with van der Waals surface area (Å²) < 4.78 is 0. The number of carbonyl (C=O) groups excluding carboxylic acids is 1. The van der Waals surface area contributed by atoms with E-state index >= 15 is 0 Å². The van der Waals surface area contributed by atoms with Crippen LogP contribution >= 0.6 is 0 Å². The van der Waals surface area contributed by atoms with Crippen LogP contribution in [0, 0.1) is 11.3 Å². The van der Waals surface area contributed by atoms with E-state index in [1.165, 1.54) is 0 Å². The van der Waals surface area contributed by atoms with E-state index in [-0.39, 0.29) is 22.8 Å².